The number of nitrogens with one attached hydrogen (secondary N) is 2. The Morgan fingerprint density at radius 2 is 1.92 bits per heavy atom. The predicted octanol–water partition coefficient (Wildman–Crippen LogP) is 2.02. The van der Waals surface area contributed by atoms with Gasteiger partial charge in [-0.3, -0.25) is 14.9 Å². The van der Waals surface area contributed by atoms with Crippen molar-refractivity contribution in [3.63, 3.8) is 0 Å². The van der Waals surface area contributed by atoms with E-state index in [0.29, 0.717) is 30.4 Å². The van der Waals surface area contributed by atoms with Crippen LogP contribution in [0.2, 0.25) is 0 Å². The van der Waals surface area contributed by atoms with E-state index in [2.05, 4.69) is 10.6 Å². The summed E-state index contributed by atoms with van der Waals surface area (Å²) >= 11 is 0. The summed E-state index contributed by atoms with van der Waals surface area (Å²) < 4.78 is 10.9. The second-order valence-electron chi connectivity index (χ2n) is 5.45. The highest BCUT2D eigenvalue weighted by Gasteiger charge is 2.18. The molecule has 3 rings (SSSR count). The molecule has 0 saturated heterocycles. The minimum Gasteiger partial charge on any atom is -0.486 e. The number of amides is 1. The molecule has 1 aliphatic heterocycles. The molecule has 0 unspecified atom stereocenters. The Morgan fingerprint density at radius 1 is 1.15 bits per heavy atom. The molecule has 136 valence electrons. The third kappa shape index (κ3) is 3.83. The van der Waals surface area contributed by atoms with E-state index in [1.54, 1.807) is 18.2 Å². The fourth-order valence-corrected chi connectivity index (χ4v) is 2.49. The van der Waals surface area contributed by atoms with Crippen LogP contribution in [-0.4, -0.2) is 42.3 Å². The van der Waals surface area contributed by atoms with Crippen molar-refractivity contribution in [2.45, 2.75) is 0 Å². The smallest absolute Gasteiger partial charge is 0.293 e. The number of nitrogens with zero attached hydrogens (tertiary/aromatic N) is 1. The van der Waals surface area contributed by atoms with E-state index < -0.39 is 10.8 Å². The van der Waals surface area contributed by atoms with E-state index in [4.69, 9.17) is 14.6 Å². The number of ether oxygens (including phenoxy) is 2. The molecule has 26 heavy (non-hydrogen) atoms. The van der Waals surface area contributed by atoms with E-state index in [1.165, 1.54) is 18.2 Å². The second-order valence-corrected chi connectivity index (χ2v) is 5.45. The van der Waals surface area contributed by atoms with Crippen molar-refractivity contribution in [3.8, 4) is 11.5 Å². The molecule has 1 aliphatic rings. The fourth-order valence-electron chi connectivity index (χ4n) is 2.49. The first-order chi connectivity index (χ1) is 12.6. The number of aliphatic hydroxyl groups is 1. The highest BCUT2D eigenvalue weighted by molar-refractivity contribution is 6.05. The van der Waals surface area contributed by atoms with Crippen LogP contribution in [0.1, 0.15) is 10.4 Å². The molecule has 1 heterocycles. The average Bonchev–Trinajstić information content (AvgIpc) is 2.66. The molecule has 0 fully saturated rings. The number of fused-ring (bicyclic) bond motifs is 1. The Hall–Kier alpha value is -3.33. The van der Waals surface area contributed by atoms with Crippen LogP contribution in [0.15, 0.2) is 36.4 Å². The van der Waals surface area contributed by atoms with Gasteiger partial charge in [-0.15, -0.1) is 0 Å². The molecule has 9 nitrogen and oxygen atoms in total. The molecule has 0 spiro atoms. The molecular formula is C17H17N3O6. The SMILES string of the molecule is O=C(Nc1ccc2c(c1)OCCO2)c1ccc(NCCO)c([N+](=O)[O-])c1. The Balaban J connectivity index is 1.79. The number of nitro benzene ring substituents is 1. The van der Waals surface area contributed by atoms with Gasteiger partial charge in [0, 0.05) is 29.9 Å². The lowest BCUT2D eigenvalue weighted by atomic mass is 10.1. The van der Waals surface area contributed by atoms with Crippen LogP contribution in [0.5, 0.6) is 11.5 Å². The maximum absolute atomic E-state index is 12.4. The van der Waals surface area contributed by atoms with Gasteiger partial charge >= 0.3 is 0 Å². The van der Waals surface area contributed by atoms with Crippen molar-refractivity contribution in [1.29, 1.82) is 0 Å². The lowest BCUT2D eigenvalue weighted by Gasteiger charge is -2.19. The highest BCUT2D eigenvalue weighted by Crippen LogP contribution is 2.33. The molecule has 0 bridgehead atoms. The maximum Gasteiger partial charge on any atom is 0.293 e. The Bertz CT molecular complexity index is 839. The molecule has 0 saturated carbocycles. The van der Waals surface area contributed by atoms with Crippen molar-refractivity contribution in [3.05, 3.63) is 52.1 Å². The molecule has 3 N–H and O–H groups in total. The van der Waals surface area contributed by atoms with E-state index in [0.717, 1.165) is 0 Å². The molecule has 9 heteroatoms. The van der Waals surface area contributed by atoms with Crippen molar-refractivity contribution >= 4 is 23.0 Å². The van der Waals surface area contributed by atoms with E-state index >= 15 is 0 Å². The van der Waals surface area contributed by atoms with Gasteiger partial charge in [0.05, 0.1) is 11.5 Å². The summed E-state index contributed by atoms with van der Waals surface area (Å²) in [6.07, 6.45) is 0. The molecular weight excluding hydrogens is 342 g/mol. The van der Waals surface area contributed by atoms with Gasteiger partial charge in [0.25, 0.3) is 11.6 Å². The fraction of sp³-hybridized carbons (Fsp3) is 0.235. The number of aliphatic hydroxyl groups excluding tert-OH is 1. The van der Waals surface area contributed by atoms with Gasteiger partial charge in [0.15, 0.2) is 11.5 Å². The normalized spacial score (nSPS) is 12.3. The third-order valence-corrected chi connectivity index (χ3v) is 3.68. The lowest BCUT2D eigenvalue weighted by molar-refractivity contribution is -0.384. The van der Waals surface area contributed by atoms with Gasteiger partial charge in [-0.25, -0.2) is 0 Å². The van der Waals surface area contributed by atoms with Crippen LogP contribution in [0.4, 0.5) is 17.1 Å². The summed E-state index contributed by atoms with van der Waals surface area (Å²) in [6.45, 7) is 0.908. The number of benzene rings is 2. The van der Waals surface area contributed by atoms with Gasteiger partial charge in [-0.2, -0.15) is 0 Å². The number of hydrogen-bond acceptors (Lipinski definition) is 7. The van der Waals surface area contributed by atoms with Gasteiger partial charge in [0.2, 0.25) is 0 Å². The molecule has 2 aromatic carbocycles. The number of carbonyl (C=O) groups is 1. The van der Waals surface area contributed by atoms with Crippen LogP contribution >= 0.6 is 0 Å². The largest absolute Gasteiger partial charge is 0.486 e. The standard InChI is InChI=1S/C17H17N3O6/c21-6-5-18-13-3-1-11(9-14(13)20(23)24)17(22)19-12-2-4-15-16(10-12)26-8-7-25-15/h1-4,9-10,18,21H,5-8H2,(H,19,22). The first-order valence-corrected chi connectivity index (χ1v) is 7.92. The zero-order valence-corrected chi connectivity index (χ0v) is 13.7. The predicted molar refractivity (Wildman–Crippen MR) is 94.1 cm³/mol. The molecule has 2 aromatic rings. The quantitative estimate of drug-likeness (QED) is 0.532. The van der Waals surface area contributed by atoms with Gasteiger partial charge in [-0.1, -0.05) is 0 Å². The Kier molecular flexibility index (Phi) is 5.18. The molecule has 0 aliphatic carbocycles. The summed E-state index contributed by atoms with van der Waals surface area (Å²) in [4.78, 5) is 23.1. The molecule has 0 aromatic heterocycles. The first kappa shape index (κ1) is 17.5. The summed E-state index contributed by atoms with van der Waals surface area (Å²) in [6, 6.07) is 9.09. The van der Waals surface area contributed by atoms with Crippen molar-refractivity contribution in [1.82, 2.24) is 0 Å². The van der Waals surface area contributed by atoms with E-state index in [9.17, 15) is 14.9 Å². The average molecular weight is 359 g/mol. The summed E-state index contributed by atoms with van der Waals surface area (Å²) in [5, 5.41) is 25.5. The van der Waals surface area contributed by atoms with Gasteiger partial charge in [0.1, 0.15) is 18.9 Å². The molecule has 0 atom stereocenters. The topological polar surface area (TPSA) is 123 Å². The monoisotopic (exact) mass is 359 g/mol. The van der Waals surface area contributed by atoms with E-state index in [-0.39, 0.29) is 30.1 Å². The Morgan fingerprint density at radius 3 is 2.65 bits per heavy atom. The zero-order chi connectivity index (χ0) is 18.5. The van der Waals surface area contributed by atoms with Crippen LogP contribution < -0.4 is 20.1 Å². The summed E-state index contributed by atoms with van der Waals surface area (Å²) in [5.74, 6) is 0.645. The maximum atomic E-state index is 12.4. The van der Waals surface area contributed by atoms with Gasteiger partial charge < -0.3 is 25.2 Å². The summed E-state index contributed by atoms with van der Waals surface area (Å²) in [5.41, 5.74) is 0.624. The molecule has 1 amide bonds. The zero-order valence-electron chi connectivity index (χ0n) is 13.7. The number of carbonyl (C=O) groups excluding carboxylic acids is 1. The number of nitro groups is 1. The lowest BCUT2D eigenvalue weighted by Crippen LogP contribution is -2.16. The van der Waals surface area contributed by atoms with Crippen LogP contribution in [-0.2, 0) is 0 Å². The highest BCUT2D eigenvalue weighted by atomic mass is 16.6. The van der Waals surface area contributed by atoms with E-state index in [1.807, 2.05) is 0 Å². The molecule has 0 radical (unpaired) electrons. The van der Waals surface area contributed by atoms with Crippen LogP contribution in [0.25, 0.3) is 0 Å². The number of anilines is 2. The summed E-state index contributed by atoms with van der Waals surface area (Å²) in [7, 11) is 0. The number of hydrogen-bond donors (Lipinski definition) is 3. The Labute approximate surface area is 148 Å². The number of rotatable bonds is 6. The van der Waals surface area contributed by atoms with Crippen molar-refractivity contribution in [2.75, 3.05) is 37.0 Å². The van der Waals surface area contributed by atoms with Crippen LogP contribution in [0.3, 0.4) is 0 Å². The first-order valence-electron chi connectivity index (χ1n) is 7.92. The third-order valence-electron chi connectivity index (χ3n) is 3.68. The van der Waals surface area contributed by atoms with Crippen LogP contribution in [0, 0.1) is 10.1 Å². The van der Waals surface area contributed by atoms with Gasteiger partial charge in [-0.05, 0) is 24.3 Å². The minimum atomic E-state index is -0.583. The minimum absolute atomic E-state index is 0.140. The second kappa shape index (κ2) is 7.70. The van der Waals surface area contributed by atoms with Crippen molar-refractivity contribution < 1.29 is 24.3 Å². The van der Waals surface area contributed by atoms with Crippen molar-refractivity contribution in [2.24, 2.45) is 0 Å².